The summed E-state index contributed by atoms with van der Waals surface area (Å²) in [6, 6.07) is 8.85. The first-order valence-electron chi connectivity index (χ1n) is 6.94. The third kappa shape index (κ3) is 2.97. The van der Waals surface area contributed by atoms with Crippen molar-refractivity contribution in [2.75, 3.05) is 13.1 Å². The third-order valence-electron chi connectivity index (χ3n) is 3.96. The summed E-state index contributed by atoms with van der Waals surface area (Å²) in [6.07, 6.45) is 3.78. The molecule has 2 heteroatoms. The van der Waals surface area contributed by atoms with Crippen molar-refractivity contribution < 1.29 is 0 Å². The van der Waals surface area contributed by atoms with Crippen molar-refractivity contribution in [3.8, 4) is 0 Å². The van der Waals surface area contributed by atoms with Gasteiger partial charge in [0.15, 0.2) is 0 Å². The Hall–Kier alpha value is -0.340. The van der Waals surface area contributed by atoms with Crippen LogP contribution in [0.25, 0.3) is 0 Å². The molecule has 1 fully saturated rings. The number of hydrogen-bond donors (Lipinski definition) is 1. The third-order valence-corrected chi connectivity index (χ3v) is 4.45. The van der Waals surface area contributed by atoms with Crippen molar-refractivity contribution in [2.24, 2.45) is 5.41 Å². The van der Waals surface area contributed by atoms with E-state index in [4.69, 9.17) is 0 Å². The number of rotatable bonds is 5. The van der Waals surface area contributed by atoms with Crippen molar-refractivity contribution in [2.45, 2.75) is 45.4 Å². The zero-order valence-corrected chi connectivity index (χ0v) is 13.3. The summed E-state index contributed by atoms with van der Waals surface area (Å²) in [5.74, 6) is 0. The number of hydrogen-bond acceptors (Lipinski definition) is 1. The molecule has 0 radical (unpaired) electrons. The van der Waals surface area contributed by atoms with Crippen LogP contribution >= 0.6 is 15.9 Å². The van der Waals surface area contributed by atoms with E-state index in [0.29, 0.717) is 10.8 Å². The van der Waals surface area contributed by atoms with Crippen LogP contribution in [0.5, 0.6) is 0 Å². The van der Waals surface area contributed by atoms with E-state index in [1.165, 1.54) is 29.3 Å². The first-order valence-corrected chi connectivity index (χ1v) is 7.74. The van der Waals surface area contributed by atoms with Crippen LogP contribution in [0.2, 0.25) is 0 Å². The van der Waals surface area contributed by atoms with E-state index in [1.54, 1.807) is 0 Å². The van der Waals surface area contributed by atoms with Crippen LogP contribution in [0.15, 0.2) is 28.7 Å². The molecule has 18 heavy (non-hydrogen) atoms. The Morgan fingerprint density at radius 2 is 2.00 bits per heavy atom. The van der Waals surface area contributed by atoms with Crippen molar-refractivity contribution in [1.29, 1.82) is 0 Å². The van der Waals surface area contributed by atoms with E-state index < -0.39 is 0 Å². The van der Waals surface area contributed by atoms with Crippen LogP contribution in [0.3, 0.4) is 0 Å². The first-order chi connectivity index (χ1) is 8.47. The first kappa shape index (κ1) is 14.1. The SMILES string of the molecule is CCCNCC1(c2cccc(Br)c2)CC(C)(C)C1. The second-order valence-electron chi connectivity index (χ2n) is 6.49. The molecule has 0 amide bonds. The molecule has 1 saturated carbocycles. The highest BCUT2D eigenvalue weighted by Gasteiger charge is 2.49. The molecule has 0 atom stereocenters. The standard InChI is InChI=1S/C16H24BrN/c1-4-8-18-12-16(10-15(2,3)11-16)13-6-5-7-14(17)9-13/h5-7,9,18H,4,8,10-12H2,1-3H3. The molecule has 1 N–H and O–H groups in total. The van der Waals surface area contributed by atoms with Gasteiger partial charge in [-0.25, -0.2) is 0 Å². The zero-order chi connectivity index (χ0) is 13.2. The number of halogens is 1. The minimum Gasteiger partial charge on any atom is -0.316 e. The topological polar surface area (TPSA) is 12.0 Å². The quantitative estimate of drug-likeness (QED) is 0.789. The second-order valence-corrected chi connectivity index (χ2v) is 7.40. The van der Waals surface area contributed by atoms with Gasteiger partial charge in [-0.15, -0.1) is 0 Å². The van der Waals surface area contributed by atoms with Gasteiger partial charge >= 0.3 is 0 Å². The molecule has 1 aromatic rings. The Morgan fingerprint density at radius 1 is 1.28 bits per heavy atom. The largest absolute Gasteiger partial charge is 0.316 e. The minimum absolute atomic E-state index is 0.350. The molecule has 1 aliphatic rings. The average molecular weight is 310 g/mol. The molecule has 100 valence electrons. The lowest BCUT2D eigenvalue weighted by Gasteiger charge is -2.54. The van der Waals surface area contributed by atoms with Gasteiger partial charge in [0.05, 0.1) is 0 Å². The Bertz CT molecular complexity index is 403. The zero-order valence-electron chi connectivity index (χ0n) is 11.7. The van der Waals surface area contributed by atoms with Crippen LogP contribution in [-0.4, -0.2) is 13.1 Å². The van der Waals surface area contributed by atoms with E-state index in [-0.39, 0.29) is 0 Å². The van der Waals surface area contributed by atoms with Gasteiger partial charge in [-0.3, -0.25) is 0 Å². The molecule has 1 aliphatic carbocycles. The molecule has 0 heterocycles. The summed E-state index contributed by atoms with van der Waals surface area (Å²) in [5.41, 5.74) is 2.33. The average Bonchev–Trinajstić information content (AvgIpc) is 2.26. The van der Waals surface area contributed by atoms with E-state index in [0.717, 1.165) is 13.1 Å². The van der Waals surface area contributed by atoms with Crippen molar-refractivity contribution in [3.63, 3.8) is 0 Å². The summed E-state index contributed by atoms with van der Waals surface area (Å²) in [4.78, 5) is 0. The monoisotopic (exact) mass is 309 g/mol. The van der Waals surface area contributed by atoms with Gasteiger partial charge in [0, 0.05) is 16.4 Å². The molecule has 0 bridgehead atoms. The fourth-order valence-corrected chi connectivity index (χ4v) is 3.93. The Balaban J connectivity index is 2.16. The lowest BCUT2D eigenvalue weighted by atomic mass is 9.52. The van der Waals surface area contributed by atoms with E-state index in [9.17, 15) is 0 Å². The maximum Gasteiger partial charge on any atom is 0.0178 e. The molecule has 0 aliphatic heterocycles. The number of nitrogens with one attached hydrogen (secondary N) is 1. The second kappa shape index (κ2) is 5.34. The Kier molecular flexibility index (Phi) is 4.18. The van der Waals surface area contributed by atoms with Crippen LogP contribution in [0.4, 0.5) is 0 Å². The van der Waals surface area contributed by atoms with Crippen molar-refractivity contribution in [3.05, 3.63) is 34.3 Å². The summed E-state index contributed by atoms with van der Waals surface area (Å²) >= 11 is 3.60. The van der Waals surface area contributed by atoms with E-state index >= 15 is 0 Å². The summed E-state index contributed by atoms with van der Waals surface area (Å²) in [7, 11) is 0. The van der Waals surface area contributed by atoms with Crippen LogP contribution in [0, 0.1) is 5.41 Å². The Labute approximate surface area is 119 Å². The highest BCUT2D eigenvalue weighted by atomic mass is 79.9. The van der Waals surface area contributed by atoms with E-state index in [1.807, 2.05) is 0 Å². The highest BCUT2D eigenvalue weighted by Crippen LogP contribution is 2.55. The van der Waals surface area contributed by atoms with E-state index in [2.05, 4.69) is 66.3 Å². The maximum absolute atomic E-state index is 3.62. The summed E-state index contributed by atoms with van der Waals surface area (Å²) in [6.45, 7) is 9.21. The van der Waals surface area contributed by atoms with Gasteiger partial charge in [0.2, 0.25) is 0 Å². The molecule has 2 rings (SSSR count). The normalized spacial score (nSPS) is 20.4. The van der Waals surface area contributed by atoms with Gasteiger partial charge in [0.25, 0.3) is 0 Å². The maximum atomic E-state index is 3.62. The predicted octanol–water partition coefficient (Wildman–Crippen LogP) is 4.51. The fourth-order valence-electron chi connectivity index (χ4n) is 3.53. The van der Waals surface area contributed by atoms with Gasteiger partial charge in [0.1, 0.15) is 0 Å². The summed E-state index contributed by atoms with van der Waals surface area (Å²) in [5, 5.41) is 3.62. The number of benzene rings is 1. The van der Waals surface area contributed by atoms with Gasteiger partial charge < -0.3 is 5.32 Å². The Morgan fingerprint density at radius 3 is 2.56 bits per heavy atom. The molecule has 0 spiro atoms. The molecular formula is C16H24BrN. The lowest BCUT2D eigenvalue weighted by molar-refractivity contribution is 0.0564. The molecular weight excluding hydrogens is 286 g/mol. The molecule has 1 nitrogen and oxygen atoms in total. The van der Waals surface area contributed by atoms with Crippen molar-refractivity contribution in [1.82, 2.24) is 5.32 Å². The fraction of sp³-hybridized carbons (Fsp3) is 0.625. The lowest BCUT2D eigenvalue weighted by Crippen LogP contribution is -2.52. The smallest absolute Gasteiger partial charge is 0.0178 e. The summed E-state index contributed by atoms with van der Waals surface area (Å²) < 4.78 is 1.19. The van der Waals surface area contributed by atoms with Crippen LogP contribution in [-0.2, 0) is 5.41 Å². The van der Waals surface area contributed by atoms with Gasteiger partial charge in [-0.05, 0) is 48.9 Å². The highest BCUT2D eigenvalue weighted by molar-refractivity contribution is 9.10. The van der Waals surface area contributed by atoms with Crippen LogP contribution < -0.4 is 5.32 Å². The van der Waals surface area contributed by atoms with Gasteiger partial charge in [-0.1, -0.05) is 48.8 Å². The minimum atomic E-state index is 0.350. The predicted molar refractivity (Wildman–Crippen MR) is 82.0 cm³/mol. The van der Waals surface area contributed by atoms with Gasteiger partial charge in [-0.2, -0.15) is 0 Å². The molecule has 0 unspecified atom stereocenters. The molecule has 0 aromatic heterocycles. The molecule has 1 aromatic carbocycles. The molecule has 0 saturated heterocycles. The van der Waals surface area contributed by atoms with Crippen molar-refractivity contribution >= 4 is 15.9 Å². The van der Waals surface area contributed by atoms with Crippen LogP contribution in [0.1, 0.15) is 45.6 Å².